The van der Waals surface area contributed by atoms with Gasteiger partial charge >= 0.3 is 6.18 Å². The van der Waals surface area contributed by atoms with Crippen LogP contribution in [0.25, 0.3) is 5.70 Å². The fourth-order valence-corrected chi connectivity index (χ4v) is 3.32. The Kier molecular flexibility index (Phi) is 9.38. The van der Waals surface area contributed by atoms with Crippen molar-refractivity contribution in [2.24, 2.45) is 4.99 Å². The monoisotopic (exact) mass is 424 g/mol. The fraction of sp³-hybridized carbons (Fsp3) is 0.438. The first-order valence-corrected chi connectivity index (χ1v) is 9.55. The van der Waals surface area contributed by atoms with E-state index in [4.69, 9.17) is 23.8 Å². The van der Waals surface area contributed by atoms with Crippen molar-refractivity contribution < 1.29 is 13.2 Å². The number of thiocarbonyl (C=S) groups is 1. The van der Waals surface area contributed by atoms with Crippen LogP contribution < -0.4 is 4.90 Å². The zero-order valence-electron chi connectivity index (χ0n) is 14.5. The number of aliphatic imine (C=N–C) groups is 1. The van der Waals surface area contributed by atoms with Gasteiger partial charge in [0.15, 0.2) is 5.15 Å². The molecule has 0 aliphatic carbocycles. The van der Waals surface area contributed by atoms with E-state index in [9.17, 15) is 13.2 Å². The molecule has 0 aliphatic rings. The van der Waals surface area contributed by atoms with Gasteiger partial charge < -0.3 is 4.90 Å². The van der Waals surface area contributed by atoms with Crippen molar-refractivity contribution in [2.45, 2.75) is 25.9 Å². The van der Waals surface area contributed by atoms with Crippen molar-refractivity contribution >= 4 is 58.7 Å². The molecule has 0 unspecified atom stereocenters. The number of hydrogen-bond donors (Lipinski definition) is 0. The lowest BCUT2D eigenvalue weighted by molar-refractivity contribution is -0.129. The third kappa shape index (κ3) is 7.92. The molecule has 0 bridgehead atoms. The fourth-order valence-electron chi connectivity index (χ4n) is 1.82. The minimum Gasteiger partial charge on any atom is -0.335 e. The zero-order valence-corrected chi connectivity index (χ0v) is 16.9. The summed E-state index contributed by atoms with van der Waals surface area (Å²) in [4.78, 5) is 5.92. The van der Waals surface area contributed by atoms with E-state index in [1.54, 1.807) is 41.2 Å². The molecular formula is C16H20ClF3N4S2. The van der Waals surface area contributed by atoms with Gasteiger partial charge in [0.05, 0.1) is 23.3 Å². The van der Waals surface area contributed by atoms with Crippen molar-refractivity contribution in [3.63, 3.8) is 0 Å². The highest BCUT2D eigenvalue weighted by Crippen LogP contribution is 2.26. The van der Waals surface area contributed by atoms with Crippen LogP contribution in [-0.2, 0) is 0 Å². The third-order valence-corrected chi connectivity index (χ3v) is 5.00. The molecule has 0 saturated heterocycles. The number of anilines is 1. The topological polar surface area (TPSA) is 33.4 Å². The van der Waals surface area contributed by atoms with E-state index in [1.807, 2.05) is 6.92 Å². The number of thioether (sulfide) groups is 1. The highest BCUT2D eigenvalue weighted by Gasteiger charge is 2.26. The Morgan fingerprint density at radius 3 is 2.81 bits per heavy atom. The number of halogens is 4. The first-order chi connectivity index (χ1) is 12.2. The van der Waals surface area contributed by atoms with Gasteiger partial charge in [0, 0.05) is 31.1 Å². The first-order valence-electron chi connectivity index (χ1n) is 7.61. The average Bonchev–Trinajstić information content (AvgIpc) is 2.94. The van der Waals surface area contributed by atoms with Gasteiger partial charge in [-0.3, -0.25) is 4.99 Å². The van der Waals surface area contributed by atoms with Crippen LogP contribution in [0.1, 0.15) is 19.8 Å². The molecule has 10 heteroatoms. The Balaban J connectivity index is 2.62. The normalized spacial score (nSPS) is 12.6. The molecular weight excluding hydrogens is 405 g/mol. The second-order valence-corrected chi connectivity index (χ2v) is 7.32. The Bertz CT molecular complexity index is 684. The number of aromatic nitrogens is 2. The maximum Gasteiger partial charge on any atom is 0.389 e. The van der Waals surface area contributed by atoms with Crippen LogP contribution in [0.4, 0.5) is 18.9 Å². The van der Waals surface area contributed by atoms with Crippen molar-refractivity contribution in [2.75, 3.05) is 23.5 Å². The van der Waals surface area contributed by atoms with Crippen molar-refractivity contribution in [1.82, 2.24) is 9.78 Å². The SMILES string of the molecule is C=N/C=C\C=C(/C)n1cc(N(C)C(=S)CCSCCC(F)(F)F)c(Cl)n1. The summed E-state index contributed by atoms with van der Waals surface area (Å²) in [6.07, 6.45) is 2.40. The maximum atomic E-state index is 12.1. The molecule has 0 fully saturated rings. The number of alkyl halides is 3. The molecule has 0 atom stereocenters. The second-order valence-electron chi connectivity index (χ2n) is 5.26. The van der Waals surface area contributed by atoms with E-state index in [2.05, 4.69) is 16.8 Å². The first kappa shape index (κ1) is 22.7. The summed E-state index contributed by atoms with van der Waals surface area (Å²) in [5, 5.41) is 4.52. The van der Waals surface area contributed by atoms with Gasteiger partial charge in [0.2, 0.25) is 0 Å². The van der Waals surface area contributed by atoms with Gasteiger partial charge in [0.25, 0.3) is 0 Å². The molecule has 1 aromatic heterocycles. The molecule has 4 nitrogen and oxygen atoms in total. The lowest BCUT2D eigenvalue weighted by Gasteiger charge is -2.18. The molecule has 26 heavy (non-hydrogen) atoms. The Morgan fingerprint density at radius 2 is 2.19 bits per heavy atom. The molecule has 0 N–H and O–H groups in total. The number of nitrogens with zero attached hydrogens (tertiary/aromatic N) is 4. The lowest BCUT2D eigenvalue weighted by Crippen LogP contribution is -2.24. The quantitative estimate of drug-likeness (QED) is 0.228. The smallest absolute Gasteiger partial charge is 0.335 e. The van der Waals surface area contributed by atoms with Gasteiger partial charge in [0.1, 0.15) is 0 Å². The van der Waals surface area contributed by atoms with Crippen LogP contribution in [0, 0.1) is 0 Å². The number of hydrogen-bond acceptors (Lipinski definition) is 4. The van der Waals surface area contributed by atoms with Crippen molar-refractivity contribution in [3.8, 4) is 0 Å². The summed E-state index contributed by atoms with van der Waals surface area (Å²) in [6.45, 7) is 5.21. The van der Waals surface area contributed by atoms with Gasteiger partial charge in [-0.1, -0.05) is 23.8 Å². The van der Waals surface area contributed by atoms with Crippen LogP contribution in [0.2, 0.25) is 5.15 Å². The van der Waals surface area contributed by atoms with Crippen molar-refractivity contribution in [3.05, 3.63) is 29.7 Å². The average molecular weight is 425 g/mol. The molecule has 0 spiro atoms. The third-order valence-electron chi connectivity index (χ3n) is 3.27. The Morgan fingerprint density at radius 1 is 1.50 bits per heavy atom. The highest BCUT2D eigenvalue weighted by atomic mass is 35.5. The molecule has 1 heterocycles. The van der Waals surface area contributed by atoms with Crippen LogP contribution in [0.15, 0.2) is 29.5 Å². The summed E-state index contributed by atoms with van der Waals surface area (Å²) in [5.74, 6) is 0.550. The molecule has 0 radical (unpaired) electrons. The molecule has 1 aromatic rings. The summed E-state index contributed by atoms with van der Waals surface area (Å²) in [5.41, 5.74) is 1.45. The second kappa shape index (κ2) is 10.7. The maximum absolute atomic E-state index is 12.1. The van der Waals surface area contributed by atoms with E-state index in [0.29, 0.717) is 22.8 Å². The van der Waals surface area contributed by atoms with Gasteiger partial charge in [-0.2, -0.15) is 30.0 Å². The molecule has 0 aliphatic heterocycles. The minimum atomic E-state index is -4.12. The molecule has 1 rings (SSSR count). The van der Waals surface area contributed by atoms with Crippen molar-refractivity contribution in [1.29, 1.82) is 0 Å². The van der Waals surface area contributed by atoms with E-state index in [1.165, 1.54) is 11.8 Å². The van der Waals surface area contributed by atoms with Crippen LogP contribution >= 0.6 is 35.6 Å². The Hall–Kier alpha value is -1.32. The van der Waals surface area contributed by atoms with Gasteiger partial charge in [-0.15, -0.1) is 0 Å². The summed E-state index contributed by atoms with van der Waals surface area (Å²) >= 11 is 12.8. The molecule has 0 aromatic carbocycles. The van der Waals surface area contributed by atoms with E-state index >= 15 is 0 Å². The van der Waals surface area contributed by atoms with Crippen LogP contribution in [-0.4, -0.2) is 46.2 Å². The van der Waals surface area contributed by atoms with Crippen LogP contribution in [0.5, 0.6) is 0 Å². The van der Waals surface area contributed by atoms with Crippen LogP contribution in [0.3, 0.4) is 0 Å². The largest absolute Gasteiger partial charge is 0.389 e. The predicted octanol–water partition coefficient (Wildman–Crippen LogP) is 5.45. The van der Waals surface area contributed by atoms with E-state index in [0.717, 1.165) is 5.70 Å². The zero-order chi connectivity index (χ0) is 19.7. The summed E-state index contributed by atoms with van der Waals surface area (Å²) in [6, 6.07) is 0. The van der Waals surface area contributed by atoms with Gasteiger partial charge in [-0.05, 0) is 31.5 Å². The van der Waals surface area contributed by atoms with Gasteiger partial charge in [-0.25, -0.2) is 4.68 Å². The Labute approximate surface area is 165 Å². The molecule has 0 saturated carbocycles. The lowest BCUT2D eigenvalue weighted by atomic mass is 10.4. The number of allylic oxidation sites excluding steroid dienone is 3. The predicted molar refractivity (Wildman–Crippen MR) is 109 cm³/mol. The summed E-state index contributed by atoms with van der Waals surface area (Å²) in [7, 11) is 1.76. The standard InChI is InChI=1S/C16H20ClF3N4S2/c1-12(5-4-8-21-2)24-11-13(15(17)22-24)23(3)14(25)6-9-26-10-7-16(18,19)20/h4-5,8,11H,2,6-7,9-10H2,1,3H3/b8-4-,12-5+. The number of rotatable bonds is 9. The minimum absolute atomic E-state index is 0.0333. The summed E-state index contributed by atoms with van der Waals surface area (Å²) < 4.78 is 38.0. The van der Waals surface area contributed by atoms with E-state index in [-0.39, 0.29) is 10.9 Å². The van der Waals surface area contributed by atoms with E-state index < -0.39 is 12.6 Å². The highest BCUT2D eigenvalue weighted by molar-refractivity contribution is 7.99. The molecule has 0 amide bonds. The molecule has 144 valence electrons.